The fourth-order valence-electron chi connectivity index (χ4n) is 5.03. The molecule has 2 aromatic carbocycles. The Morgan fingerprint density at radius 2 is 2.03 bits per heavy atom. The molecule has 0 saturated carbocycles. The Bertz CT molecular complexity index is 1380. The molecule has 39 heavy (non-hydrogen) atoms. The molecule has 2 aliphatic rings. The van der Waals surface area contributed by atoms with E-state index in [1.54, 1.807) is 35.0 Å². The predicted molar refractivity (Wildman–Crippen MR) is 152 cm³/mol. The number of nitrogens with zero attached hydrogens (tertiary/aromatic N) is 3. The van der Waals surface area contributed by atoms with Crippen LogP contribution in [0.2, 0.25) is 5.02 Å². The van der Waals surface area contributed by atoms with Crippen LogP contribution in [0.3, 0.4) is 0 Å². The Morgan fingerprint density at radius 1 is 1.23 bits per heavy atom. The van der Waals surface area contributed by atoms with Crippen molar-refractivity contribution in [3.63, 3.8) is 0 Å². The first-order valence-corrected chi connectivity index (χ1v) is 14.5. The highest BCUT2D eigenvalue weighted by molar-refractivity contribution is 8.00. The fourth-order valence-corrected chi connectivity index (χ4v) is 6.43. The van der Waals surface area contributed by atoms with Gasteiger partial charge in [0.25, 0.3) is 0 Å². The highest BCUT2D eigenvalue weighted by Crippen LogP contribution is 2.49. The fraction of sp³-hybridized carbons (Fsp3) is 0.414. The number of aromatic nitrogens is 2. The van der Waals surface area contributed by atoms with Gasteiger partial charge in [-0.05, 0) is 37.1 Å². The van der Waals surface area contributed by atoms with E-state index >= 15 is 4.39 Å². The molecule has 2 atom stereocenters. The van der Waals surface area contributed by atoms with Crippen molar-refractivity contribution < 1.29 is 18.7 Å². The van der Waals surface area contributed by atoms with Gasteiger partial charge in [0.1, 0.15) is 18.2 Å². The van der Waals surface area contributed by atoms with Gasteiger partial charge in [-0.3, -0.25) is 14.5 Å². The van der Waals surface area contributed by atoms with Crippen LogP contribution in [0.4, 0.5) is 10.2 Å². The van der Waals surface area contributed by atoms with Gasteiger partial charge in [-0.25, -0.2) is 9.07 Å². The SMILES string of the molecule is CC(C)(C)c1nn(-c2cccc(Cl)c2)c2c1C(c1ccccc1F)SCC(=O)N2CC(=O)NCC1CCCO1. The van der Waals surface area contributed by atoms with Crippen LogP contribution in [0.25, 0.3) is 5.69 Å². The number of amides is 2. The molecule has 5 rings (SSSR count). The van der Waals surface area contributed by atoms with E-state index in [-0.39, 0.29) is 36.0 Å². The molecule has 0 bridgehead atoms. The van der Waals surface area contributed by atoms with Gasteiger partial charge in [-0.1, -0.05) is 56.6 Å². The minimum Gasteiger partial charge on any atom is -0.376 e. The van der Waals surface area contributed by atoms with Crippen LogP contribution >= 0.6 is 23.4 Å². The first-order chi connectivity index (χ1) is 18.6. The second-order valence-electron chi connectivity index (χ2n) is 10.9. The number of anilines is 1. The van der Waals surface area contributed by atoms with E-state index in [9.17, 15) is 9.59 Å². The summed E-state index contributed by atoms with van der Waals surface area (Å²) in [5.41, 5.74) is 2.11. The highest BCUT2D eigenvalue weighted by Gasteiger charge is 2.40. The lowest BCUT2D eigenvalue weighted by atomic mass is 9.87. The van der Waals surface area contributed by atoms with Crippen LogP contribution in [-0.2, 0) is 19.7 Å². The number of halogens is 2. The summed E-state index contributed by atoms with van der Waals surface area (Å²) in [6.45, 7) is 6.99. The third-order valence-electron chi connectivity index (χ3n) is 6.89. The number of fused-ring (bicyclic) bond motifs is 1. The van der Waals surface area contributed by atoms with Gasteiger partial charge in [-0.2, -0.15) is 5.10 Å². The average molecular weight is 571 g/mol. The van der Waals surface area contributed by atoms with E-state index in [2.05, 4.69) is 5.32 Å². The lowest BCUT2D eigenvalue weighted by molar-refractivity contribution is -0.123. The minimum atomic E-state index is -0.507. The van der Waals surface area contributed by atoms with Crippen molar-refractivity contribution in [1.82, 2.24) is 15.1 Å². The number of nitrogens with one attached hydrogen (secondary N) is 1. The summed E-state index contributed by atoms with van der Waals surface area (Å²) in [5, 5.41) is 7.93. The summed E-state index contributed by atoms with van der Waals surface area (Å²) in [4.78, 5) is 28.3. The summed E-state index contributed by atoms with van der Waals surface area (Å²) >= 11 is 7.70. The summed E-state index contributed by atoms with van der Waals surface area (Å²) in [6, 6.07) is 13.8. The monoisotopic (exact) mass is 570 g/mol. The number of benzene rings is 2. The first-order valence-electron chi connectivity index (χ1n) is 13.1. The number of carbonyl (C=O) groups excluding carboxylic acids is 2. The molecule has 3 heterocycles. The van der Waals surface area contributed by atoms with Crippen molar-refractivity contribution in [2.45, 2.75) is 50.4 Å². The molecule has 7 nitrogen and oxygen atoms in total. The molecule has 2 unspecified atom stereocenters. The Hall–Kier alpha value is -2.88. The van der Waals surface area contributed by atoms with Crippen LogP contribution < -0.4 is 10.2 Å². The van der Waals surface area contributed by atoms with E-state index in [1.165, 1.54) is 22.7 Å². The van der Waals surface area contributed by atoms with Crippen molar-refractivity contribution in [2.75, 3.05) is 30.3 Å². The molecule has 1 fully saturated rings. The highest BCUT2D eigenvalue weighted by atomic mass is 35.5. The van der Waals surface area contributed by atoms with Crippen molar-refractivity contribution in [3.8, 4) is 5.69 Å². The van der Waals surface area contributed by atoms with Gasteiger partial charge in [0.15, 0.2) is 0 Å². The summed E-state index contributed by atoms with van der Waals surface area (Å²) < 4.78 is 22.5. The molecule has 2 aliphatic heterocycles. The van der Waals surface area contributed by atoms with Gasteiger partial charge < -0.3 is 10.1 Å². The quantitative estimate of drug-likeness (QED) is 0.428. The lowest BCUT2D eigenvalue weighted by Gasteiger charge is -2.25. The van der Waals surface area contributed by atoms with E-state index in [0.717, 1.165) is 24.1 Å². The molecule has 3 aromatic rings. The molecule has 0 radical (unpaired) electrons. The molecule has 10 heteroatoms. The summed E-state index contributed by atoms with van der Waals surface area (Å²) in [7, 11) is 0. The molecule has 2 amide bonds. The second kappa shape index (κ2) is 11.3. The lowest BCUT2D eigenvalue weighted by Crippen LogP contribution is -2.44. The van der Waals surface area contributed by atoms with Gasteiger partial charge in [-0.15, -0.1) is 11.8 Å². The summed E-state index contributed by atoms with van der Waals surface area (Å²) in [6.07, 6.45) is 1.84. The number of ether oxygens (including phenoxy) is 1. The molecular weight excluding hydrogens is 539 g/mol. The maximum Gasteiger partial charge on any atom is 0.240 e. The van der Waals surface area contributed by atoms with E-state index < -0.39 is 10.7 Å². The van der Waals surface area contributed by atoms with Crippen LogP contribution in [-0.4, -0.2) is 53.1 Å². The van der Waals surface area contributed by atoms with Gasteiger partial charge in [0.2, 0.25) is 11.8 Å². The van der Waals surface area contributed by atoms with Gasteiger partial charge in [0.05, 0.1) is 28.5 Å². The van der Waals surface area contributed by atoms with Crippen LogP contribution in [0.1, 0.15) is 55.7 Å². The maximum atomic E-state index is 15.2. The third kappa shape index (κ3) is 5.85. The van der Waals surface area contributed by atoms with Gasteiger partial charge >= 0.3 is 0 Å². The number of thioether (sulfide) groups is 1. The predicted octanol–water partition coefficient (Wildman–Crippen LogP) is 5.43. The Kier molecular flexibility index (Phi) is 8.03. The van der Waals surface area contributed by atoms with Crippen molar-refractivity contribution in [2.24, 2.45) is 0 Å². The third-order valence-corrected chi connectivity index (χ3v) is 8.36. The Balaban J connectivity index is 1.66. The molecule has 1 aromatic heterocycles. The molecule has 0 aliphatic carbocycles. The van der Waals surface area contributed by atoms with Crippen molar-refractivity contribution in [3.05, 3.63) is 76.2 Å². The smallest absolute Gasteiger partial charge is 0.240 e. The molecule has 1 N–H and O–H groups in total. The number of hydrogen-bond acceptors (Lipinski definition) is 5. The van der Waals surface area contributed by atoms with E-state index in [4.69, 9.17) is 21.4 Å². The molecule has 1 saturated heterocycles. The van der Waals surface area contributed by atoms with Crippen LogP contribution in [0, 0.1) is 5.82 Å². The zero-order valence-electron chi connectivity index (χ0n) is 22.2. The number of rotatable bonds is 6. The van der Waals surface area contributed by atoms with Crippen molar-refractivity contribution >= 4 is 41.0 Å². The van der Waals surface area contributed by atoms with Crippen molar-refractivity contribution in [1.29, 1.82) is 0 Å². The molecular formula is C29H32ClFN4O3S. The van der Waals surface area contributed by atoms with E-state index in [0.29, 0.717) is 35.2 Å². The van der Waals surface area contributed by atoms with Crippen LogP contribution in [0.15, 0.2) is 48.5 Å². The maximum absolute atomic E-state index is 15.2. The number of carbonyl (C=O) groups is 2. The average Bonchev–Trinajstić information content (AvgIpc) is 3.53. The number of hydrogen-bond donors (Lipinski definition) is 1. The van der Waals surface area contributed by atoms with E-state index in [1.807, 2.05) is 32.9 Å². The second-order valence-corrected chi connectivity index (χ2v) is 12.4. The first kappa shape index (κ1) is 27.7. The zero-order chi connectivity index (χ0) is 27.7. The van der Waals surface area contributed by atoms with Crippen LogP contribution in [0.5, 0.6) is 0 Å². The topological polar surface area (TPSA) is 76.5 Å². The normalized spacial score (nSPS) is 19.6. The molecule has 206 valence electrons. The Morgan fingerprint density at radius 3 is 2.72 bits per heavy atom. The largest absolute Gasteiger partial charge is 0.376 e. The zero-order valence-corrected chi connectivity index (χ0v) is 23.8. The summed E-state index contributed by atoms with van der Waals surface area (Å²) in [5.74, 6) is -0.373. The molecule has 0 spiro atoms. The van der Waals surface area contributed by atoms with Gasteiger partial charge in [0, 0.05) is 34.7 Å². The Labute approximate surface area is 237 Å². The minimum absolute atomic E-state index is 0.0187. The standard InChI is InChI=1S/C29H32ClFN4O3S/c1-29(2,3)27-25-26(21-11-4-5-12-22(21)31)39-17-24(37)34(16-23(36)32-15-20-10-7-13-38-20)28(25)35(33-27)19-9-6-8-18(30)14-19/h4-6,8-9,11-12,14,20,26H,7,10,13,15-17H2,1-3H3,(H,32,36).